The molecular weight excluding hydrogens is 461 g/mol. The predicted octanol–water partition coefficient (Wildman–Crippen LogP) is 4.93. The molecule has 1 amide bonds. The van der Waals surface area contributed by atoms with Crippen molar-refractivity contribution in [2.75, 3.05) is 12.4 Å². The highest BCUT2D eigenvalue weighted by atomic mass is 35.5. The average molecular weight is 477 g/mol. The minimum atomic E-state index is -4.83. The number of amides is 1. The Balaban J connectivity index is 1.88. The monoisotopic (exact) mass is 476 g/mol. The van der Waals surface area contributed by atoms with Gasteiger partial charge in [0.2, 0.25) is 0 Å². The second-order valence-corrected chi connectivity index (χ2v) is 7.55. The van der Waals surface area contributed by atoms with Gasteiger partial charge >= 0.3 is 6.18 Å². The summed E-state index contributed by atoms with van der Waals surface area (Å²) >= 11 is 6.00. The molecule has 0 saturated carbocycles. The number of fused-ring (bicyclic) bond motifs is 1. The molecule has 0 spiro atoms. The Labute approximate surface area is 189 Å². The summed E-state index contributed by atoms with van der Waals surface area (Å²) in [7, 11) is 1.42. The minimum Gasteiger partial charge on any atom is -0.497 e. The molecule has 0 aliphatic rings. The summed E-state index contributed by atoms with van der Waals surface area (Å²) in [6.07, 6.45) is -4.83. The second kappa shape index (κ2) is 8.28. The van der Waals surface area contributed by atoms with Gasteiger partial charge in [-0.15, -0.1) is 0 Å². The number of methoxy groups -OCH3 is 1. The fourth-order valence-corrected chi connectivity index (χ4v) is 3.70. The molecule has 11 heteroatoms. The van der Waals surface area contributed by atoms with Crippen molar-refractivity contribution in [3.05, 3.63) is 80.9 Å². The molecule has 2 aromatic heterocycles. The topological polar surface area (TPSA) is 88.5 Å². The number of alkyl halides is 3. The van der Waals surface area contributed by atoms with E-state index in [1.165, 1.54) is 44.4 Å². The summed E-state index contributed by atoms with van der Waals surface area (Å²) in [6, 6.07) is 12.2. The van der Waals surface area contributed by atoms with Crippen LogP contribution in [0.25, 0.3) is 16.8 Å². The minimum absolute atomic E-state index is 0.0739. The SMILES string of the molecule is COc1cc(Cl)cc(NC(=O)c2c(C)[nH]c3c(-c4ccccc4)c(C(F)(F)F)nn3c2=O)c1. The highest BCUT2D eigenvalue weighted by molar-refractivity contribution is 6.31. The van der Waals surface area contributed by atoms with Gasteiger partial charge in [0.15, 0.2) is 5.69 Å². The van der Waals surface area contributed by atoms with Gasteiger partial charge in [0, 0.05) is 22.5 Å². The molecule has 2 N–H and O–H groups in total. The van der Waals surface area contributed by atoms with Gasteiger partial charge in [-0.3, -0.25) is 9.59 Å². The van der Waals surface area contributed by atoms with Crippen LogP contribution in [0.1, 0.15) is 21.7 Å². The van der Waals surface area contributed by atoms with Crippen LogP contribution in [0.5, 0.6) is 5.75 Å². The van der Waals surface area contributed by atoms with E-state index in [4.69, 9.17) is 16.3 Å². The largest absolute Gasteiger partial charge is 0.497 e. The molecule has 0 fully saturated rings. The van der Waals surface area contributed by atoms with Gasteiger partial charge < -0.3 is 15.0 Å². The lowest BCUT2D eigenvalue weighted by Crippen LogP contribution is -2.29. The van der Waals surface area contributed by atoms with Crippen LogP contribution < -0.4 is 15.6 Å². The smallest absolute Gasteiger partial charge is 0.435 e. The normalized spacial score (nSPS) is 11.6. The zero-order valence-electron chi connectivity index (χ0n) is 17.2. The van der Waals surface area contributed by atoms with Crippen molar-refractivity contribution in [1.82, 2.24) is 14.6 Å². The number of hydrogen-bond acceptors (Lipinski definition) is 4. The van der Waals surface area contributed by atoms with Crippen molar-refractivity contribution in [3.63, 3.8) is 0 Å². The second-order valence-electron chi connectivity index (χ2n) is 7.11. The first-order valence-corrected chi connectivity index (χ1v) is 9.92. The first-order chi connectivity index (χ1) is 15.6. The third kappa shape index (κ3) is 4.17. The summed E-state index contributed by atoms with van der Waals surface area (Å²) < 4.78 is 46.9. The van der Waals surface area contributed by atoms with Crippen molar-refractivity contribution in [2.24, 2.45) is 0 Å². The van der Waals surface area contributed by atoms with Crippen LogP contribution in [0.2, 0.25) is 5.02 Å². The molecule has 4 rings (SSSR count). The Morgan fingerprint density at radius 3 is 2.52 bits per heavy atom. The van der Waals surface area contributed by atoms with Crippen LogP contribution in [0.15, 0.2) is 53.3 Å². The Bertz CT molecular complexity index is 1430. The molecule has 0 atom stereocenters. The Kier molecular flexibility index (Phi) is 5.62. The number of H-pyrrole nitrogens is 1. The van der Waals surface area contributed by atoms with Gasteiger partial charge in [-0.25, -0.2) is 0 Å². The Morgan fingerprint density at radius 2 is 1.88 bits per heavy atom. The van der Waals surface area contributed by atoms with Crippen LogP contribution in [0.4, 0.5) is 18.9 Å². The summed E-state index contributed by atoms with van der Waals surface area (Å²) in [5, 5.41) is 6.31. The molecular formula is C22H16ClF3N4O3. The van der Waals surface area contributed by atoms with Crippen LogP contribution in [-0.2, 0) is 6.18 Å². The molecule has 0 unspecified atom stereocenters. The van der Waals surface area contributed by atoms with E-state index in [9.17, 15) is 22.8 Å². The fraction of sp³-hybridized carbons (Fsp3) is 0.136. The highest BCUT2D eigenvalue weighted by Crippen LogP contribution is 2.38. The van der Waals surface area contributed by atoms with E-state index >= 15 is 0 Å². The first-order valence-electron chi connectivity index (χ1n) is 9.54. The fourth-order valence-electron chi connectivity index (χ4n) is 3.48. The van der Waals surface area contributed by atoms with E-state index in [2.05, 4.69) is 15.4 Å². The van der Waals surface area contributed by atoms with Gasteiger partial charge in [0.1, 0.15) is 17.0 Å². The van der Waals surface area contributed by atoms with Gasteiger partial charge in [-0.1, -0.05) is 41.9 Å². The molecule has 2 heterocycles. The quantitative estimate of drug-likeness (QED) is 0.437. The maximum absolute atomic E-state index is 13.8. The molecule has 0 saturated heterocycles. The molecule has 170 valence electrons. The van der Waals surface area contributed by atoms with Crippen LogP contribution in [0.3, 0.4) is 0 Å². The average Bonchev–Trinajstić information content (AvgIpc) is 3.14. The standard InChI is InChI=1S/C22H16ClF3N4O3/c1-11-16(20(31)28-14-8-13(23)9-15(10-14)33-2)21(32)30-19(27-11)17(12-6-4-3-5-7-12)18(29-30)22(24,25)26/h3-10,27H,1-2H3,(H,28,31). The Hall–Kier alpha value is -3.79. The zero-order chi connectivity index (χ0) is 23.9. The highest BCUT2D eigenvalue weighted by Gasteiger charge is 2.39. The van der Waals surface area contributed by atoms with Crippen molar-refractivity contribution in [3.8, 4) is 16.9 Å². The van der Waals surface area contributed by atoms with Crippen LogP contribution in [0, 0.1) is 6.92 Å². The van der Waals surface area contributed by atoms with Gasteiger partial charge in [-0.2, -0.15) is 22.8 Å². The van der Waals surface area contributed by atoms with Gasteiger partial charge in [0.25, 0.3) is 11.5 Å². The Morgan fingerprint density at radius 1 is 1.18 bits per heavy atom. The van der Waals surface area contributed by atoms with Crippen LogP contribution >= 0.6 is 11.6 Å². The van der Waals surface area contributed by atoms with E-state index in [0.29, 0.717) is 10.3 Å². The van der Waals surface area contributed by atoms with Crippen LogP contribution in [-0.4, -0.2) is 27.6 Å². The molecule has 0 radical (unpaired) electrons. The maximum atomic E-state index is 13.8. The number of benzene rings is 2. The lowest BCUT2D eigenvalue weighted by molar-refractivity contribution is -0.140. The van der Waals surface area contributed by atoms with Gasteiger partial charge in [0.05, 0.1) is 12.7 Å². The molecule has 0 bridgehead atoms. The number of hydrogen-bond donors (Lipinski definition) is 2. The summed E-state index contributed by atoms with van der Waals surface area (Å²) in [6.45, 7) is 1.42. The number of rotatable bonds is 4. The predicted molar refractivity (Wildman–Crippen MR) is 117 cm³/mol. The van der Waals surface area contributed by atoms with Crippen molar-refractivity contribution >= 4 is 28.8 Å². The first kappa shape index (κ1) is 22.4. The van der Waals surface area contributed by atoms with E-state index in [1.54, 1.807) is 18.2 Å². The third-order valence-corrected chi connectivity index (χ3v) is 5.11. The van der Waals surface area contributed by atoms with E-state index < -0.39 is 28.9 Å². The number of ether oxygens (including phenoxy) is 1. The van der Waals surface area contributed by atoms with Gasteiger partial charge in [-0.05, 0) is 24.6 Å². The summed E-state index contributed by atoms with van der Waals surface area (Å²) in [5.41, 5.74) is -2.55. The molecule has 0 aliphatic carbocycles. The number of aromatic nitrogens is 3. The summed E-state index contributed by atoms with van der Waals surface area (Å²) in [5.74, 6) is -0.474. The van der Waals surface area contributed by atoms with Crippen molar-refractivity contribution in [2.45, 2.75) is 13.1 Å². The maximum Gasteiger partial charge on any atom is 0.435 e. The zero-order valence-corrected chi connectivity index (χ0v) is 18.0. The molecule has 2 aromatic carbocycles. The lowest BCUT2D eigenvalue weighted by atomic mass is 10.1. The van der Waals surface area contributed by atoms with E-state index in [-0.39, 0.29) is 33.2 Å². The lowest BCUT2D eigenvalue weighted by Gasteiger charge is -2.10. The number of halogens is 4. The van der Waals surface area contributed by atoms with E-state index in [0.717, 1.165) is 0 Å². The number of aromatic amines is 1. The van der Waals surface area contributed by atoms with E-state index in [1.807, 2.05) is 0 Å². The number of nitrogens with one attached hydrogen (secondary N) is 2. The number of nitrogens with zero attached hydrogens (tertiary/aromatic N) is 2. The summed E-state index contributed by atoms with van der Waals surface area (Å²) in [4.78, 5) is 28.7. The van der Waals surface area contributed by atoms with Crippen molar-refractivity contribution < 1.29 is 22.7 Å². The molecule has 33 heavy (non-hydrogen) atoms. The number of carbonyl (C=O) groups excluding carboxylic acids is 1. The molecule has 4 aromatic rings. The molecule has 0 aliphatic heterocycles. The number of aryl methyl sites for hydroxylation is 1. The third-order valence-electron chi connectivity index (χ3n) is 4.90. The molecule has 7 nitrogen and oxygen atoms in total. The number of carbonyl (C=O) groups is 1. The van der Waals surface area contributed by atoms with Crippen molar-refractivity contribution in [1.29, 1.82) is 0 Å². The number of anilines is 1.